The highest BCUT2D eigenvalue weighted by Gasteiger charge is 2.07. The van der Waals surface area contributed by atoms with Gasteiger partial charge in [-0.1, -0.05) is 28.1 Å². The molecule has 2 rings (SSSR count). The molecule has 2 N–H and O–H groups in total. The predicted molar refractivity (Wildman–Crippen MR) is 73.1 cm³/mol. The maximum atomic E-state index is 11.8. The lowest BCUT2D eigenvalue weighted by Gasteiger charge is -2.00. The van der Waals surface area contributed by atoms with Crippen LogP contribution < -0.4 is 5.73 Å². The number of benzene rings is 1. The number of carbonyl (C=O) groups is 1. The van der Waals surface area contributed by atoms with Gasteiger partial charge in [-0.3, -0.25) is 4.79 Å². The standard InChI is InChI=1S/C12H11BrN2OS/c13-9-3-1-8(2-4-9)5-11(16)6-10-7-17-12(14)15-10/h1-4,7H,5-6H2,(H2,14,15). The number of rotatable bonds is 4. The number of nitrogens with two attached hydrogens (primary N) is 1. The summed E-state index contributed by atoms with van der Waals surface area (Å²) >= 11 is 4.72. The van der Waals surface area contributed by atoms with E-state index >= 15 is 0 Å². The second kappa shape index (κ2) is 5.42. The van der Waals surface area contributed by atoms with Crippen LogP contribution in [0.4, 0.5) is 5.13 Å². The molecule has 1 aromatic carbocycles. The average molecular weight is 311 g/mol. The molecule has 1 aromatic heterocycles. The zero-order valence-corrected chi connectivity index (χ0v) is 11.4. The topological polar surface area (TPSA) is 56.0 Å². The Hall–Kier alpha value is -1.20. The molecule has 3 nitrogen and oxygen atoms in total. The van der Waals surface area contributed by atoms with Gasteiger partial charge in [-0.15, -0.1) is 11.3 Å². The second-order valence-electron chi connectivity index (χ2n) is 3.70. The van der Waals surface area contributed by atoms with Crippen LogP contribution in [-0.4, -0.2) is 10.8 Å². The fourth-order valence-electron chi connectivity index (χ4n) is 1.50. The minimum atomic E-state index is 0.151. The zero-order valence-electron chi connectivity index (χ0n) is 9.02. The Morgan fingerprint density at radius 1 is 1.29 bits per heavy atom. The summed E-state index contributed by atoms with van der Waals surface area (Å²) in [6, 6.07) is 7.75. The van der Waals surface area contributed by atoms with Crippen molar-refractivity contribution in [3.8, 4) is 0 Å². The lowest BCUT2D eigenvalue weighted by atomic mass is 10.1. The molecular weight excluding hydrogens is 300 g/mol. The van der Waals surface area contributed by atoms with E-state index in [1.54, 1.807) is 0 Å². The van der Waals surface area contributed by atoms with Gasteiger partial charge in [0.1, 0.15) is 5.78 Å². The van der Waals surface area contributed by atoms with E-state index < -0.39 is 0 Å². The third-order valence-corrected chi connectivity index (χ3v) is 3.51. The molecule has 2 aromatic rings. The number of hydrogen-bond donors (Lipinski definition) is 1. The lowest BCUT2D eigenvalue weighted by molar-refractivity contribution is -0.117. The number of anilines is 1. The smallest absolute Gasteiger partial charge is 0.180 e. The fourth-order valence-corrected chi connectivity index (χ4v) is 2.33. The molecule has 0 spiro atoms. The van der Waals surface area contributed by atoms with Gasteiger partial charge in [0.2, 0.25) is 0 Å². The van der Waals surface area contributed by atoms with Crippen LogP contribution in [0, 0.1) is 0 Å². The molecule has 0 unspecified atom stereocenters. The number of aromatic nitrogens is 1. The maximum Gasteiger partial charge on any atom is 0.180 e. The minimum Gasteiger partial charge on any atom is -0.375 e. The van der Waals surface area contributed by atoms with Gasteiger partial charge in [-0.05, 0) is 17.7 Å². The van der Waals surface area contributed by atoms with Gasteiger partial charge < -0.3 is 5.73 Å². The van der Waals surface area contributed by atoms with Crippen molar-refractivity contribution in [2.45, 2.75) is 12.8 Å². The first-order valence-corrected chi connectivity index (χ1v) is 6.77. The van der Waals surface area contributed by atoms with Crippen molar-refractivity contribution in [2.24, 2.45) is 0 Å². The van der Waals surface area contributed by atoms with E-state index in [0.29, 0.717) is 18.0 Å². The van der Waals surface area contributed by atoms with E-state index in [-0.39, 0.29) is 5.78 Å². The molecular formula is C12H11BrN2OS. The van der Waals surface area contributed by atoms with Crippen LogP contribution in [0.25, 0.3) is 0 Å². The highest BCUT2D eigenvalue weighted by atomic mass is 79.9. The second-order valence-corrected chi connectivity index (χ2v) is 5.50. The molecule has 0 atom stereocenters. The quantitative estimate of drug-likeness (QED) is 0.944. The predicted octanol–water partition coefficient (Wildman–Crippen LogP) is 2.84. The third-order valence-electron chi connectivity index (χ3n) is 2.26. The van der Waals surface area contributed by atoms with Crippen molar-refractivity contribution in [2.75, 3.05) is 5.73 Å². The Labute approximate surface area is 112 Å². The fraction of sp³-hybridized carbons (Fsp3) is 0.167. The number of nitrogen functional groups attached to an aromatic ring is 1. The van der Waals surface area contributed by atoms with Gasteiger partial charge in [0.05, 0.1) is 5.69 Å². The molecule has 17 heavy (non-hydrogen) atoms. The molecule has 1 heterocycles. The number of hydrogen-bond acceptors (Lipinski definition) is 4. The monoisotopic (exact) mass is 310 g/mol. The number of thiazole rings is 1. The van der Waals surface area contributed by atoms with Crippen LogP contribution in [0.2, 0.25) is 0 Å². The van der Waals surface area contributed by atoms with Crippen molar-refractivity contribution < 1.29 is 4.79 Å². The number of ketones is 1. The summed E-state index contributed by atoms with van der Waals surface area (Å²) < 4.78 is 1.01. The summed E-state index contributed by atoms with van der Waals surface area (Å²) in [7, 11) is 0. The summed E-state index contributed by atoms with van der Waals surface area (Å²) in [4.78, 5) is 15.9. The Morgan fingerprint density at radius 2 is 2.00 bits per heavy atom. The first-order valence-electron chi connectivity index (χ1n) is 5.09. The van der Waals surface area contributed by atoms with E-state index in [0.717, 1.165) is 15.7 Å². The molecule has 0 aliphatic rings. The zero-order chi connectivity index (χ0) is 12.3. The largest absolute Gasteiger partial charge is 0.375 e. The van der Waals surface area contributed by atoms with Gasteiger partial charge in [-0.2, -0.15) is 0 Å². The van der Waals surface area contributed by atoms with Gasteiger partial charge in [-0.25, -0.2) is 4.98 Å². The molecule has 88 valence electrons. The Morgan fingerprint density at radius 3 is 2.59 bits per heavy atom. The van der Waals surface area contributed by atoms with Gasteiger partial charge in [0, 0.05) is 22.7 Å². The van der Waals surface area contributed by atoms with Crippen molar-refractivity contribution in [3.63, 3.8) is 0 Å². The molecule has 5 heteroatoms. The summed E-state index contributed by atoms with van der Waals surface area (Å²) in [5.41, 5.74) is 7.29. The molecule has 0 aliphatic heterocycles. The van der Waals surface area contributed by atoms with E-state index in [2.05, 4.69) is 20.9 Å². The van der Waals surface area contributed by atoms with Crippen molar-refractivity contribution in [1.29, 1.82) is 0 Å². The summed E-state index contributed by atoms with van der Waals surface area (Å²) in [6.45, 7) is 0. The molecule has 0 aliphatic carbocycles. The summed E-state index contributed by atoms with van der Waals surface area (Å²) in [5, 5.41) is 2.34. The van der Waals surface area contributed by atoms with Crippen molar-refractivity contribution in [1.82, 2.24) is 4.98 Å². The van der Waals surface area contributed by atoms with Crippen LogP contribution in [-0.2, 0) is 17.6 Å². The minimum absolute atomic E-state index is 0.151. The summed E-state index contributed by atoms with van der Waals surface area (Å²) in [5.74, 6) is 0.151. The van der Waals surface area contributed by atoms with Crippen LogP contribution in [0.15, 0.2) is 34.1 Å². The van der Waals surface area contributed by atoms with E-state index in [1.165, 1.54) is 11.3 Å². The van der Waals surface area contributed by atoms with E-state index in [4.69, 9.17) is 5.73 Å². The third kappa shape index (κ3) is 3.64. The Bertz CT molecular complexity index is 522. The maximum absolute atomic E-state index is 11.8. The number of nitrogens with zero attached hydrogens (tertiary/aromatic N) is 1. The number of Topliss-reactive ketones (excluding diaryl/α,β-unsaturated/α-hetero) is 1. The van der Waals surface area contributed by atoms with E-state index in [1.807, 2.05) is 29.6 Å². The molecule has 0 saturated heterocycles. The van der Waals surface area contributed by atoms with Crippen LogP contribution in [0.1, 0.15) is 11.3 Å². The first kappa shape index (κ1) is 12.3. The average Bonchev–Trinajstić information content (AvgIpc) is 2.67. The highest BCUT2D eigenvalue weighted by molar-refractivity contribution is 9.10. The van der Waals surface area contributed by atoms with Crippen molar-refractivity contribution >= 4 is 38.2 Å². The molecule has 0 bridgehead atoms. The van der Waals surface area contributed by atoms with Gasteiger partial charge >= 0.3 is 0 Å². The number of halogens is 1. The molecule has 0 amide bonds. The SMILES string of the molecule is Nc1nc(CC(=O)Cc2ccc(Br)cc2)cs1. The Balaban J connectivity index is 1.95. The Kier molecular flexibility index (Phi) is 3.91. The normalized spacial score (nSPS) is 10.4. The molecule has 0 saturated carbocycles. The van der Waals surface area contributed by atoms with E-state index in [9.17, 15) is 4.79 Å². The lowest BCUT2D eigenvalue weighted by Crippen LogP contribution is -2.06. The summed E-state index contributed by atoms with van der Waals surface area (Å²) in [6.07, 6.45) is 0.786. The van der Waals surface area contributed by atoms with Crippen molar-refractivity contribution in [3.05, 3.63) is 45.4 Å². The molecule has 0 fully saturated rings. The highest BCUT2D eigenvalue weighted by Crippen LogP contribution is 2.14. The number of carbonyl (C=O) groups excluding carboxylic acids is 1. The molecule has 0 radical (unpaired) electrons. The van der Waals surface area contributed by atoms with Crippen LogP contribution >= 0.6 is 27.3 Å². The first-order chi connectivity index (χ1) is 8.13. The van der Waals surface area contributed by atoms with Gasteiger partial charge in [0.25, 0.3) is 0 Å². The van der Waals surface area contributed by atoms with Gasteiger partial charge in [0.15, 0.2) is 5.13 Å². The van der Waals surface area contributed by atoms with Crippen LogP contribution in [0.3, 0.4) is 0 Å². The van der Waals surface area contributed by atoms with Crippen LogP contribution in [0.5, 0.6) is 0 Å².